The van der Waals surface area contributed by atoms with Crippen LogP contribution in [-0.4, -0.2) is 59.4 Å². The Labute approximate surface area is 253 Å². The Morgan fingerprint density at radius 1 is 0.977 bits per heavy atom. The quantitative estimate of drug-likeness (QED) is 0.245. The minimum absolute atomic E-state index is 0.105. The topological polar surface area (TPSA) is 109 Å². The molecule has 0 atom stereocenters. The molecule has 43 heavy (non-hydrogen) atoms. The fourth-order valence-electron chi connectivity index (χ4n) is 5.27. The van der Waals surface area contributed by atoms with Crippen LogP contribution in [0, 0.1) is 6.92 Å². The van der Waals surface area contributed by atoms with Crippen LogP contribution in [0.1, 0.15) is 29.5 Å². The van der Waals surface area contributed by atoms with E-state index in [0.717, 1.165) is 44.3 Å². The summed E-state index contributed by atoms with van der Waals surface area (Å²) < 4.78 is 32.8. The number of rotatable bonds is 10. The van der Waals surface area contributed by atoms with Crippen molar-refractivity contribution in [2.24, 2.45) is 7.05 Å². The molecule has 0 radical (unpaired) electrons. The minimum atomic E-state index is -3.32. The molecule has 1 saturated heterocycles. The number of carbonyl (C=O) groups excluding carboxylic acids is 1. The van der Waals surface area contributed by atoms with Gasteiger partial charge in [0.2, 0.25) is 10.0 Å². The molecular formula is C32H38N6O4S. The SMILES string of the molecule is Cc1ccccc1CN(C(=O)Nc1cnn(C)c1)C1CCN(Cc2ccc(Oc3ccc(NS(C)(=O)=O)cc3)cc2)CC1. The Kier molecular flexibility index (Phi) is 9.32. The van der Waals surface area contributed by atoms with E-state index in [-0.39, 0.29) is 12.1 Å². The third-order valence-electron chi connectivity index (χ3n) is 7.54. The highest BCUT2D eigenvalue weighted by Crippen LogP contribution is 2.26. The monoisotopic (exact) mass is 602 g/mol. The van der Waals surface area contributed by atoms with E-state index in [4.69, 9.17) is 4.74 Å². The third kappa shape index (κ3) is 8.59. The highest BCUT2D eigenvalue weighted by Gasteiger charge is 2.29. The van der Waals surface area contributed by atoms with Crippen LogP contribution in [0.25, 0.3) is 0 Å². The van der Waals surface area contributed by atoms with Crippen molar-refractivity contribution in [3.8, 4) is 11.5 Å². The predicted octanol–water partition coefficient (Wildman–Crippen LogP) is 5.59. The number of nitrogens with zero attached hydrogens (tertiary/aromatic N) is 4. The molecule has 10 nitrogen and oxygen atoms in total. The maximum Gasteiger partial charge on any atom is 0.322 e. The molecule has 3 aromatic carbocycles. The van der Waals surface area contributed by atoms with Crippen molar-refractivity contribution in [1.82, 2.24) is 19.6 Å². The lowest BCUT2D eigenvalue weighted by atomic mass is 10.0. The number of nitrogens with one attached hydrogen (secondary N) is 2. The molecule has 1 aliphatic heterocycles. The number of carbonyl (C=O) groups is 1. The summed E-state index contributed by atoms with van der Waals surface area (Å²) in [6, 6.07) is 23.0. The molecule has 2 N–H and O–H groups in total. The standard InChI is InChI=1S/C32H38N6O4S/c1-24-6-4-5-7-26(24)22-38(32(39)34-28-20-33-36(2)23-28)29-16-18-37(19-17-29)21-25-8-12-30(13-9-25)42-31-14-10-27(11-15-31)35-43(3,40)41/h4-15,20,23,29,35H,16-19,21-22H2,1-3H3,(H,34,39). The van der Waals surface area contributed by atoms with E-state index in [2.05, 4.69) is 51.2 Å². The van der Waals surface area contributed by atoms with Gasteiger partial charge in [0.25, 0.3) is 0 Å². The number of aromatic nitrogens is 2. The first-order valence-electron chi connectivity index (χ1n) is 14.3. The van der Waals surface area contributed by atoms with Gasteiger partial charge in [-0.2, -0.15) is 5.10 Å². The van der Waals surface area contributed by atoms with Crippen molar-refractivity contribution in [3.05, 3.63) is 102 Å². The number of hydrogen-bond acceptors (Lipinski definition) is 6. The molecule has 1 aromatic heterocycles. The number of benzene rings is 3. The summed E-state index contributed by atoms with van der Waals surface area (Å²) in [6.07, 6.45) is 6.36. The van der Waals surface area contributed by atoms with Crippen molar-refractivity contribution < 1.29 is 17.9 Å². The fourth-order valence-corrected chi connectivity index (χ4v) is 5.83. The summed E-state index contributed by atoms with van der Waals surface area (Å²) in [5.41, 5.74) is 4.68. The van der Waals surface area contributed by atoms with Crippen molar-refractivity contribution in [2.75, 3.05) is 29.4 Å². The van der Waals surface area contributed by atoms with Gasteiger partial charge in [-0.25, -0.2) is 13.2 Å². The molecule has 0 saturated carbocycles. The summed E-state index contributed by atoms with van der Waals surface area (Å²) >= 11 is 0. The van der Waals surface area contributed by atoms with Gasteiger partial charge in [-0.3, -0.25) is 14.3 Å². The van der Waals surface area contributed by atoms with E-state index in [9.17, 15) is 13.2 Å². The molecule has 226 valence electrons. The van der Waals surface area contributed by atoms with Crippen LogP contribution >= 0.6 is 0 Å². The van der Waals surface area contributed by atoms with Gasteiger partial charge in [0.1, 0.15) is 11.5 Å². The molecule has 1 fully saturated rings. The molecular weight excluding hydrogens is 564 g/mol. The van der Waals surface area contributed by atoms with Crippen molar-refractivity contribution in [3.63, 3.8) is 0 Å². The van der Waals surface area contributed by atoms with Gasteiger partial charge in [-0.15, -0.1) is 0 Å². The number of hydrogen-bond donors (Lipinski definition) is 2. The Morgan fingerprint density at radius 2 is 1.63 bits per heavy atom. The second kappa shape index (κ2) is 13.3. The highest BCUT2D eigenvalue weighted by atomic mass is 32.2. The zero-order valence-corrected chi connectivity index (χ0v) is 25.5. The van der Waals surface area contributed by atoms with E-state index >= 15 is 0 Å². The number of urea groups is 1. The maximum atomic E-state index is 13.5. The Morgan fingerprint density at radius 3 is 2.23 bits per heavy atom. The predicted molar refractivity (Wildman–Crippen MR) is 169 cm³/mol. The Balaban J connectivity index is 1.16. The van der Waals surface area contributed by atoms with E-state index in [1.54, 1.807) is 41.3 Å². The largest absolute Gasteiger partial charge is 0.457 e. The summed E-state index contributed by atoms with van der Waals surface area (Å²) in [4.78, 5) is 17.9. The van der Waals surface area contributed by atoms with Crippen LogP contribution < -0.4 is 14.8 Å². The second-order valence-corrected chi connectivity index (χ2v) is 12.8. The normalized spacial score (nSPS) is 14.3. The lowest BCUT2D eigenvalue weighted by Gasteiger charge is -2.38. The summed E-state index contributed by atoms with van der Waals surface area (Å²) in [7, 11) is -1.49. The molecule has 2 heterocycles. The Hall–Kier alpha value is -4.35. The van der Waals surface area contributed by atoms with Crippen molar-refractivity contribution in [1.29, 1.82) is 0 Å². The molecule has 0 unspecified atom stereocenters. The number of anilines is 2. The van der Waals surface area contributed by atoms with Crippen molar-refractivity contribution >= 4 is 27.4 Å². The summed E-state index contributed by atoms with van der Waals surface area (Å²) in [5.74, 6) is 1.33. The van der Waals surface area contributed by atoms with Crippen LogP contribution in [0.4, 0.5) is 16.2 Å². The van der Waals surface area contributed by atoms with Gasteiger partial charge in [0.15, 0.2) is 0 Å². The molecule has 0 bridgehead atoms. The first-order valence-corrected chi connectivity index (χ1v) is 16.2. The lowest BCUT2D eigenvalue weighted by molar-refractivity contribution is 0.119. The smallest absolute Gasteiger partial charge is 0.322 e. The minimum Gasteiger partial charge on any atom is -0.457 e. The van der Waals surface area contributed by atoms with E-state index in [1.165, 1.54) is 11.1 Å². The number of amides is 2. The van der Waals surface area contributed by atoms with Gasteiger partial charge in [0.05, 0.1) is 18.1 Å². The number of likely N-dealkylation sites (tertiary alicyclic amines) is 1. The number of sulfonamides is 1. The summed E-state index contributed by atoms with van der Waals surface area (Å²) in [6.45, 7) is 5.24. The molecule has 0 spiro atoms. The van der Waals surface area contributed by atoms with Gasteiger partial charge in [-0.1, -0.05) is 36.4 Å². The molecule has 11 heteroatoms. The van der Waals surface area contributed by atoms with Crippen LogP contribution in [0.3, 0.4) is 0 Å². The first-order chi connectivity index (χ1) is 20.6. The van der Waals surface area contributed by atoms with Gasteiger partial charge in [-0.05, 0) is 72.9 Å². The van der Waals surface area contributed by atoms with Crippen LogP contribution in [0.15, 0.2) is 85.2 Å². The molecule has 0 aliphatic carbocycles. The Bertz CT molecular complexity index is 1630. The average molecular weight is 603 g/mol. The third-order valence-corrected chi connectivity index (χ3v) is 8.15. The molecule has 5 rings (SSSR count). The van der Waals surface area contributed by atoms with E-state index < -0.39 is 10.0 Å². The maximum absolute atomic E-state index is 13.5. The van der Waals surface area contributed by atoms with E-state index in [0.29, 0.717) is 29.4 Å². The van der Waals surface area contributed by atoms with Crippen LogP contribution in [0.2, 0.25) is 0 Å². The lowest BCUT2D eigenvalue weighted by Crippen LogP contribution is -2.48. The first kappa shape index (κ1) is 30.1. The zero-order chi connectivity index (χ0) is 30.4. The molecule has 2 amide bonds. The van der Waals surface area contributed by atoms with E-state index in [1.807, 2.05) is 36.2 Å². The number of aryl methyl sites for hydroxylation is 2. The summed E-state index contributed by atoms with van der Waals surface area (Å²) in [5, 5.41) is 7.21. The van der Waals surface area contributed by atoms with Crippen LogP contribution in [-0.2, 0) is 30.2 Å². The molecule has 1 aliphatic rings. The average Bonchev–Trinajstić information content (AvgIpc) is 3.38. The second-order valence-electron chi connectivity index (χ2n) is 11.0. The van der Waals surface area contributed by atoms with Gasteiger partial charge < -0.3 is 15.0 Å². The van der Waals surface area contributed by atoms with Crippen molar-refractivity contribution in [2.45, 2.75) is 38.9 Å². The molecule has 4 aromatic rings. The zero-order valence-electron chi connectivity index (χ0n) is 24.7. The highest BCUT2D eigenvalue weighted by molar-refractivity contribution is 7.92. The van der Waals surface area contributed by atoms with Gasteiger partial charge >= 0.3 is 6.03 Å². The fraction of sp³-hybridized carbons (Fsp3) is 0.312. The number of piperidine rings is 1. The number of ether oxygens (including phenoxy) is 1. The van der Waals surface area contributed by atoms with Gasteiger partial charge in [0, 0.05) is 51.2 Å². The van der Waals surface area contributed by atoms with Crippen LogP contribution in [0.5, 0.6) is 11.5 Å².